The van der Waals surface area contributed by atoms with Gasteiger partial charge in [0.15, 0.2) is 0 Å². The first-order chi connectivity index (χ1) is 6.36. The van der Waals surface area contributed by atoms with Gasteiger partial charge in [0.05, 0.1) is 10.0 Å². The third-order valence-corrected chi connectivity index (χ3v) is 3.27. The SMILES string of the molecule is NS(=O)(=O)c1c(Cl)cc(C=O)cc1Cl. The summed E-state index contributed by atoms with van der Waals surface area (Å²) in [6.45, 7) is 0. The molecular weight excluding hydrogens is 249 g/mol. The van der Waals surface area contributed by atoms with Crippen molar-refractivity contribution in [1.82, 2.24) is 0 Å². The summed E-state index contributed by atoms with van der Waals surface area (Å²) in [6, 6.07) is 2.36. The molecule has 76 valence electrons. The monoisotopic (exact) mass is 253 g/mol. The quantitative estimate of drug-likeness (QED) is 0.811. The number of aldehydes is 1. The number of hydrogen-bond donors (Lipinski definition) is 1. The summed E-state index contributed by atoms with van der Waals surface area (Å²) in [6.07, 6.45) is 0.505. The highest BCUT2D eigenvalue weighted by Gasteiger charge is 2.18. The smallest absolute Gasteiger partial charge is 0.241 e. The molecule has 14 heavy (non-hydrogen) atoms. The average molecular weight is 254 g/mol. The minimum Gasteiger partial charge on any atom is -0.298 e. The molecule has 0 unspecified atom stereocenters. The second-order valence-electron chi connectivity index (χ2n) is 2.48. The number of primary sulfonamides is 1. The van der Waals surface area contributed by atoms with Gasteiger partial charge in [-0.2, -0.15) is 0 Å². The Labute approximate surface area is 90.7 Å². The summed E-state index contributed by atoms with van der Waals surface area (Å²) < 4.78 is 22.0. The highest BCUT2D eigenvalue weighted by molar-refractivity contribution is 7.89. The molecule has 0 radical (unpaired) electrons. The minimum absolute atomic E-state index is 0.165. The molecule has 2 N–H and O–H groups in total. The lowest BCUT2D eigenvalue weighted by Gasteiger charge is -2.04. The zero-order valence-corrected chi connectivity index (χ0v) is 9.03. The molecule has 0 fully saturated rings. The standard InChI is InChI=1S/C7H5Cl2NO3S/c8-5-1-4(3-11)2-6(9)7(5)14(10,12)13/h1-3H,(H2,10,12,13). The molecule has 0 saturated carbocycles. The first kappa shape index (κ1) is 11.5. The second kappa shape index (κ2) is 3.86. The van der Waals surface area contributed by atoms with Crippen molar-refractivity contribution >= 4 is 39.5 Å². The predicted octanol–water partition coefficient (Wildman–Crippen LogP) is 1.45. The number of rotatable bonds is 2. The van der Waals surface area contributed by atoms with Crippen LogP contribution in [-0.4, -0.2) is 14.7 Å². The van der Waals surface area contributed by atoms with Gasteiger partial charge in [0.1, 0.15) is 11.2 Å². The van der Waals surface area contributed by atoms with E-state index in [-0.39, 0.29) is 20.5 Å². The molecule has 0 spiro atoms. The summed E-state index contributed by atoms with van der Waals surface area (Å²) >= 11 is 11.2. The summed E-state index contributed by atoms with van der Waals surface area (Å²) in [7, 11) is -3.97. The third kappa shape index (κ3) is 2.24. The largest absolute Gasteiger partial charge is 0.298 e. The van der Waals surface area contributed by atoms with E-state index in [9.17, 15) is 13.2 Å². The van der Waals surface area contributed by atoms with Crippen LogP contribution >= 0.6 is 23.2 Å². The maximum atomic E-state index is 11.0. The molecule has 0 aliphatic rings. The normalized spacial score (nSPS) is 11.4. The van der Waals surface area contributed by atoms with Gasteiger partial charge in [-0.25, -0.2) is 13.6 Å². The van der Waals surface area contributed by atoms with E-state index in [4.69, 9.17) is 28.3 Å². The lowest BCUT2D eigenvalue weighted by molar-refractivity contribution is 0.112. The van der Waals surface area contributed by atoms with Gasteiger partial charge < -0.3 is 0 Å². The fourth-order valence-electron chi connectivity index (χ4n) is 0.919. The molecule has 0 aliphatic carbocycles. The summed E-state index contributed by atoms with van der Waals surface area (Å²) in [4.78, 5) is 10.0. The van der Waals surface area contributed by atoms with Crippen molar-refractivity contribution in [3.63, 3.8) is 0 Å². The first-order valence-electron chi connectivity index (χ1n) is 3.33. The molecule has 0 bridgehead atoms. The average Bonchev–Trinajstić information content (AvgIpc) is 1.99. The Morgan fingerprint density at radius 2 is 1.64 bits per heavy atom. The summed E-state index contributed by atoms with van der Waals surface area (Å²) in [5.41, 5.74) is 0.187. The van der Waals surface area contributed by atoms with Gasteiger partial charge in [-0.1, -0.05) is 23.2 Å². The van der Waals surface area contributed by atoms with E-state index >= 15 is 0 Å². The van der Waals surface area contributed by atoms with E-state index < -0.39 is 10.0 Å². The Kier molecular flexibility index (Phi) is 3.16. The zero-order valence-electron chi connectivity index (χ0n) is 6.70. The highest BCUT2D eigenvalue weighted by atomic mass is 35.5. The van der Waals surface area contributed by atoms with Crippen LogP contribution in [0.5, 0.6) is 0 Å². The topological polar surface area (TPSA) is 77.2 Å². The zero-order chi connectivity index (χ0) is 10.9. The van der Waals surface area contributed by atoms with Crippen LogP contribution in [0.15, 0.2) is 17.0 Å². The predicted molar refractivity (Wildman–Crippen MR) is 53.2 cm³/mol. The molecule has 0 aromatic heterocycles. The van der Waals surface area contributed by atoms with E-state index in [1.54, 1.807) is 0 Å². The van der Waals surface area contributed by atoms with E-state index in [0.29, 0.717) is 6.29 Å². The Bertz CT molecular complexity index is 461. The maximum absolute atomic E-state index is 11.0. The minimum atomic E-state index is -3.97. The van der Waals surface area contributed by atoms with E-state index in [0.717, 1.165) is 0 Å². The number of carbonyl (C=O) groups is 1. The van der Waals surface area contributed by atoms with Crippen LogP contribution in [0.1, 0.15) is 10.4 Å². The third-order valence-electron chi connectivity index (χ3n) is 1.44. The van der Waals surface area contributed by atoms with Crippen LogP contribution in [0.4, 0.5) is 0 Å². The molecule has 4 nitrogen and oxygen atoms in total. The van der Waals surface area contributed by atoms with Crippen LogP contribution in [0, 0.1) is 0 Å². The van der Waals surface area contributed by atoms with Crippen molar-refractivity contribution in [3.8, 4) is 0 Å². The van der Waals surface area contributed by atoms with Gasteiger partial charge in [0, 0.05) is 5.56 Å². The van der Waals surface area contributed by atoms with Crippen LogP contribution in [0.2, 0.25) is 10.0 Å². The highest BCUT2D eigenvalue weighted by Crippen LogP contribution is 2.29. The molecule has 0 heterocycles. The van der Waals surface area contributed by atoms with Crippen molar-refractivity contribution < 1.29 is 13.2 Å². The summed E-state index contributed by atoms with van der Waals surface area (Å²) in [5, 5.41) is 4.54. The number of nitrogens with two attached hydrogens (primary N) is 1. The van der Waals surface area contributed by atoms with Gasteiger partial charge in [0.25, 0.3) is 0 Å². The van der Waals surface area contributed by atoms with Crippen molar-refractivity contribution in [2.75, 3.05) is 0 Å². The number of halogens is 2. The first-order valence-corrected chi connectivity index (χ1v) is 5.63. The van der Waals surface area contributed by atoms with E-state index in [1.807, 2.05) is 0 Å². The van der Waals surface area contributed by atoms with Crippen LogP contribution in [-0.2, 0) is 10.0 Å². The number of sulfonamides is 1. The van der Waals surface area contributed by atoms with Gasteiger partial charge in [-0.3, -0.25) is 4.79 Å². The van der Waals surface area contributed by atoms with Crippen LogP contribution < -0.4 is 5.14 Å². The fraction of sp³-hybridized carbons (Fsp3) is 0. The van der Waals surface area contributed by atoms with Crippen molar-refractivity contribution in [1.29, 1.82) is 0 Å². The molecule has 1 aromatic carbocycles. The maximum Gasteiger partial charge on any atom is 0.241 e. The van der Waals surface area contributed by atoms with Crippen LogP contribution in [0.3, 0.4) is 0 Å². The van der Waals surface area contributed by atoms with E-state index in [1.165, 1.54) is 12.1 Å². The van der Waals surface area contributed by atoms with Gasteiger partial charge in [-0.15, -0.1) is 0 Å². The Hall–Kier alpha value is -0.620. The Morgan fingerprint density at radius 3 is 1.93 bits per heavy atom. The molecular formula is C7H5Cl2NO3S. The lowest BCUT2D eigenvalue weighted by Crippen LogP contribution is -2.13. The molecule has 0 aliphatic heterocycles. The fourth-order valence-corrected chi connectivity index (χ4v) is 2.73. The number of benzene rings is 1. The molecule has 0 atom stereocenters. The molecule has 0 saturated heterocycles. The number of hydrogen-bond acceptors (Lipinski definition) is 3. The molecule has 1 aromatic rings. The lowest BCUT2D eigenvalue weighted by atomic mass is 10.2. The van der Waals surface area contributed by atoms with Crippen LogP contribution in [0.25, 0.3) is 0 Å². The van der Waals surface area contributed by atoms with Crippen molar-refractivity contribution in [2.45, 2.75) is 4.90 Å². The molecule has 7 heteroatoms. The van der Waals surface area contributed by atoms with E-state index in [2.05, 4.69) is 0 Å². The molecule has 1 rings (SSSR count). The number of carbonyl (C=O) groups excluding carboxylic acids is 1. The second-order valence-corrected chi connectivity index (χ2v) is 4.79. The van der Waals surface area contributed by atoms with Crippen molar-refractivity contribution in [3.05, 3.63) is 27.7 Å². The Morgan fingerprint density at radius 1 is 1.21 bits per heavy atom. The Balaban J connectivity index is 3.56. The van der Waals surface area contributed by atoms with Gasteiger partial charge in [0.2, 0.25) is 10.0 Å². The van der Waals surface area contributed by atoms with Gasteiger partial charge >= 0.3 is 0 Å². The summed E-state index contributed by atoms with van der Waals surface area (Å²) in [5.74, 6) is 0. The van der Waals surface area contributed by atoms with Gasteiger partial charge in [-0.05, 0) is 12.1 Å². The van der Waals surface area contributed by atoms with Crippen molar-refractivity contribution in [2.24, 2.45) is 5.14 Å². The molecule has 0 amide bonds.